The van der Waals surface area contributed by atoms with Crippen molar-refractivity contribution in [2.45, 2.75) is 25.6 Å². The lowest BCUT2D eigenvalue weighted by Crippen LogP contribution is -2.48. The summed E-state index contributed by atoms with van der Waals surface area (Å²) in [6, 6.07) is 7.17. The van der Waals surface area contributed by atoms with Crippen molar-refractivity contribution in [2.24, 2.45) is 0 Å². The molecule has 120 valence electrons. The zero-order chi connectivity index (χ0) is 15.7. The maximum absolute atomic E-state index is 12.0. The lowest BCUT2D eigenvalue weighted by atomic mass is 10.1. The maximum Gasteiger partial charge on any atom is 0.421 e. The van der Waals surface area contributed by atoms with Crippen LogP contribution >= 0.6 is 0 Å². The third-order valence-corrected chi connectivity index (χ3v) is 4.56. The summed E-state index contributed by atoms with van der Waals surface area (Å²) in [5, 5.41) is 0. The first-order valence-corrected chi connectivity index (χ1v) is 9.09. The van der Waals surface area contributed by atoms with Crippen molar-refractivity contribution in [3.8, 4) is 0 Å². The zero-order valence-corrected chi connectivity index (χ0v) is 13.2. The minimum absolute atomic E-state index is 0.113. The van der Waals surface area contributed by atoms with Crippen LogP contribution < -0.4 is 10.5 Å². The molecule has 1 aliphatic rings. The van der Waals surface area contributed by atoms with Crippen molar-refractivity contribution in [3.05, 3.63) is 34.8 Å². The summed E-state index contributed by atoms with van der Waals surface area (Å²) in [7, 11) is -3.22. The normalized spacial score (nSPS) is 20.5. The predicted molar refractivity (Wildman–Crippen MR) is 83.0 cm³/mol. The van der Waals surface area contributed by atoms with E-state index >= 15 is 0 Å². The molecule has 2 heterocycles. The van der Waals surface area contributed by atoms with E-state index in [1.165, 1.54) is 6.26 Å². The smallest absolute Gasteiger partial charge is 0.408 e. The van der Waals surface area contributed by atoms with E-state index in [0.29, 0.717) is 18.8 Å². The van der Waals surface area contributed by atoms with Crippen molar-refractivity contribution < 1.29 is 12.8 Å². The van der Waals surface area contributed by atoms with Crippen molar-refractivity contribution in [1.29, 1.82) is 0 Å². The molecule has 8 heteroatoms. The summed E-state index contributed by atoms with van der Waals surface area (Å²) in [6.45, 7) is 1.81. The van der Waals surface area contributed by atoms with Gasteiger partial charge in [0.15, 0.2) is 5.58 Å². The number of likely N-dealkylation sites (tertiary alicyclic amines) is 1. The number of hydrogen-bond donors (Lipinski definition) is 1. The van der Waals surface area contributed by atoms with Crippen LogP contribution in [0.1, 0.15) is 12.8 Å². The van der Waals surface area contributed by atoms with Crippen LogP contribution in [-0.4, -0.2) is 43.3 Å². The van der Waals surface area contributed by atoms with Crippen LogP contribution in [0.25, 0.3) is 11.1 Å². The van der Waals surface area contributed by atoms with E-state index in [-0.39, 0.29) is 11.8 Å². The van der Waals surface area contributed by atoms with Gasteiger partial charge in [0.05, 0.1) is 18.4 Å². The number of benzene rings is 1. The number of nitrogens with one attached hydrogen (secondary N) is 1. The van der Waals surface area contributed by atoms with Crippen LogP contribution in [0.15, 0.2) is 33.5 Å². The molecule has 2 aromatic rings. The fraction of sp³-hybridized carbons (Fsp3) is 0.500. The summed E-state index contributed by atoms with van der Waals surface area (Å²) in [4.78, 5) is 14.0. The third kappa shape index (κ3) is 3.40. The van der Waals surface area contributed by atoms with Gasteiger partial charge in [0.1, 0.15) is 0 Å². The minimum Gasteiger partial charge on any atom is -0.408 e. The number of sulfonamides is 1. The lowest BCUT2D eigenvalue weighted by molar-refractivity contribution is 0.159. The first kappa shape index (κ1) is 15.3. The summed E-state index contributed by atoms with van der Waals surface area (Å²) in [6.07, 6.45) is 2.86. The number of piperidine rings is 1. The zero-order valence-electron chi connectivity index (χ0n) is 12.4. The molecule has 1 fully saturated rings. The highest BCUT2D eigenvalue weighted by molar-refractivity contribution is 7.88. The highest BCUT2D eigenvalue weighted by atomic mass is 32.2. The number of fused-ring (bicyclic) bond motifs is 1. The molecule has 1 aliphatic heterocycles. The molecule has 1 atom stereocenters. The van der Waals surface area contributed by atoms with E-state index in [1.54, 1.807) is 10.6 Å². The quantitative estimate of drug-likeness (QED) is 0.888. The second-order valence-electron chi connectivity index (χ2n) is 5.71. The molecule has 0 bridgehead atoms. The van der Waals surface area contributed by atoms with Gasteiger partial charge in [0, 0.05) is 12.6 Å². The topological polar surface area (TPSA) is 84.5 Å². The lowest BCUT2D eigenvalue weighted by Gasteiger charge is -2.32. The summed E-state index contributed by atoms with van der Waals surface area (Å²) < 4.78 is 32.1. The van der Waals surface area contributed by atoms with Gasteiger partial charge >= 0.3 is 5.76 Å². The van der Waals surface area contributed by atoms with Crippen LogP contribution in [0.4, 0.5) is 0 Å². The van der Waals surface area contributed by atoms with E-state index in [0.717, 1.165) is 24.9 Å². The molecule has 0 spiro atoms. The van der Waals surface area contributed by atoms with Crippen molar-refractivity contribution in [1.82, 2.24) is 14.2 Å². The molecule has 0 aliphatic carbocycles. The molecule has 0 saturated carbocycles. The van der Waals surface area contributed by atoms with Crippen LogP contribution in [0.2, 0.25) is 0 Å². The first-order valence-electron chi connectivity index (χ1n) is 7.20. The molecule has 1 unspecified atom stereocenters. The minimum atomic E-state index is -3.22. The van der Waals surface area contributed by atoms with Crippen molar-refractivity contribution in [2.75, 3.05) is 19.3 Å². The van der Waals surface area contributed by atoms with Gasteiger partial charge in [-0.25, -0.2) is 17.9 Å². The molecular weight excluding hydrogens is 306 g/mol. The molecule has 1 saturated heterocycles. The van der Waals surface area contributed by atoms with Gasteiger partial charge in [-0.15, -0.1) is 0 Å². The van der Waals surface area contributed by atoms with E-state index in [2.05, 4.69) is 9.62 Å². The Bertz CT molecular complexity index is 824. The SMILES string of the molecule is CS(=O)(=O)NC1CCCN(Cn2c(=O)oc3ccccc32)C1. The number of rotatable bonds is 4. The van der Waals surface area contributed by atoms with Gasteiger partial charge in [-0.3, -0.25) is 9.47 Å². The predicted octanol–water partition coefficient (Wildman–Crippen LogP) is 0.566. The maximum atomic E-state index is 12.0. The Labute approximate surface area is 128 Å². The standard InChI is InChI=1S/C14H19N3O4S/c1-22(19,20)15-11-5-4-8-16(9-11)10-17-12-6-2-3-7-13(12)21-14(17)18/h2-3,6-7,11,15H,4-5,8-10H2,1H3. The van der Waals surface area contributed by atoms with Gasteiger partial charge in [-0.05, 0) is 31.5 Å². The number of oxazole rings is 1. The average Bonchev–Trinajstić information content (AvgIpc) is 2.74. The summed E-state index contributed by atoms with van der Waals surface area (Å²) in [5.74, 6) is -0.389. The van der Waals surface area contributed by atoms with Crippen LogP contribution in [0, 0.1) is 0 Å². The van der Waals surface area contributed by atoms with Crippen LogP contribution in [-0.2, 0) is 16.7 Å². The van der Waals surface area contributed by atoms with E-state index in [1.807, 2.05) is 18.2 Å². The van der Waals surface area contributed by atoms with Crippen LogP contribution in [0.5, 0.6) is 0 Å². The Morgan fingerprint density at radius 3 is 2.91 bits per heavy atom. The molecular formula is C14H19N3O4S. The highest BCUT2D eigenvalue weighted by Crippen LogP contribution is 2.15. The Morgan fingerprint density at radius 1 is 1.36 bits per heavy atom. The van der Waals surface area contributed by atoms with Gasteiger partial charge in [0.25, 0.3) is 0 Å². The monoisotopic (exact) mass is 325 g/mol. The third-order valence-electron chi connectivity index (χ3n) is 3.80. The number of aromatic nitrogens is 1. The van der Waals surface area contributed by atoms with Gasteiger partial charge in [-0.1, -0.05) is 12.1 Å². The second-order valence-corrected chi connectivity index (χ2v) is 7.49. The van der Waals surface area contributed by atoms with E-state index < -0.39 is 10.0 Å². The van der Waals surface area contributed by atoms with Gasteiger partial charge < -0.3 is 4.42 Å². The summed E-state index contributed by atoms with van der Waals surface area (Å²) >= 11 is 0. The van der Waals surface area contributed by atoms with E-state index in [9.17, 15) is 13.2 Å². The molecule has 1 aromatic carbocycles. The van der Waals surface area contributed by atoms with E-state index in [4.69, 9.17) is 4.42 Å². The number of nitrogens with zero attached hydrogens (tertiary/aromatic N) is 2. The first-order chi connectivity index (χ1) is 10.4. The highest BCUT2D eigenvalue weighted by Gasteiger charge is 2.23. The van der Waals surface area contributed by atoms with Gasteiger partial charge in [-0.2, -0.15) is 0 Å². The fourth-order valence-corrected chi connectivity index (χ4v) is 3.73. The summed E-state index contributed by atoms with van der Waals surface area (Å²) in [5.41, 5.74) is 1.32. The Balaban J connectivity index is 1.77. The van der Waals surface area contributed by atoms with Crippen molar-refractivity contribution in [3.63, 3.8) is 0 Å². The molecule has 0 amide bonds. The number of para-hydroxylation sites is 2. The molecule has 1 N–H and O–H groups in total. The Hall–Kier alpha value is -1.64. The second kappa shape index (κ2) is 5.86. The fourth-order valence-electron chi connectivity index (χ4n) is 2.93. The van der Waals surface area contributed by atoms with Crippen molar-refractivity contribution >= 4 is 21.1 Å². The van der Waals surface area contributed by atoms with Gasteiger partial charge in [0.2, 0.25) is 10.0 Å². The molecule has 3 rings (SSSR count). The largest absolute Gasteiger partial charge is 0.421 e. The Kier molecular flexibility index (Phi) is 4.07. The van der Waals surface area contributed by atoms with Crippen LogP contribution in [0.3, 0.4) is 0 Å². The number of hydrogen-bond acceptors (Lipinski definition) is 5. The molecule has 0 radical (unpaired) electrons. The molecule has 7 nitrogen and oxygen atoms in total. The molecule has 22 heavy (non-hydrogen) atoms. The molecule has 1 aromatic heterocycles. The average molecular weight is 325 g/mol. The Morgan fingerprint density at radius 2 is 2.14 bits per heavy atom.